The summed E-state index contributed by atoms with van der Waals surface area (Å²) < 4.78 is 21.5. The molecule has 4 heterocycles. The number of thiophene rings is 1. The van der Waals surface area contributed by atoms with Crippen LogP contribution in [0.25, 0.3) is 21.6 Å². The highest BCUT2D eigenvalue weighted by Gasteiger charge is 2.18. The number of aromatic nitrogens is 5. The van der Waals surface area contributed by atoms with E-state index in [1.807, 2.05) is 11.4 Å². The molecule has 0 unspecified atom stereocenters. The minimum absolute atomic E-state index is 0.124. The summed E-state index contributed by atoms with van der Waals surface area (Å²) in [6, 6.07) is 8.12. The largest absolute Gasteiger partial charge is 0.379 e. The third-order valence-electron chi connectivity index (χ3n) is 5.26. The molecule has 0 amide bonds. The fourth-order valence-corrected chi connectivity index (χ4v) is 5.16. The van der Waals surface area contributed by atoms with Crippen LogP contribution in [-0.2, 0) is 17.0 Å². The van der Waals surface area contributed by atoms with Crippen molar-refractivity contribution >= 4 is 33.3 Å². The third kappa shape index (κ3) is 4.60. The fourth-order valence-electron chi connectivity index (χ4n) is 3.60. The van der Waals surface area contributed by atoms with Gasteiger partial charge in [-0.25, -0.2) is 9.37 Å². The van der Waals surface area contributed by atoms with E-state index in [1.165, 1.54) is 35.2 Å². The number of ether oxygens (including phenoxy) is 1. The topological polar surface area (TPSA) is 88.9 Å². The highest BCUT2D eigenvalue weighted by Crippen LogP contribution is 2.26. The van der Waals surface area contributed by atoms with Crippen LogP contribution in [0.15, 0.2) is 45.7 Å². The number of benzene rings is 1. The molecule has 1 aliphatic rings. The summed E-state index contributed by atoms with van der Waals surface area (Å²) in [5, 5.41) is 11.4. The van der Waals surface area contributed by atoms with Crippen LogP contribution in [0.4, 0.5) is 4.39 Å². The molecule has 11 heteroatoms. The molecule has 0 saturated carbocycles. The molecule has 1 fully saturated rings. The summed E-state index contributed by atoms with van der Waals surface area (Å²) in [7, 11) is 0. The number of rotatable bonds is 7. The molecule has 5 rings (SSSR count). The Balaban J connectivity index is 1.39. The van der Waals surface area contributed by atoms with Gasteiger partial charge in [-0.2, -0.15) is 0 Å². The fraction of sp³-hybridized carbons (Fsp3) is 0.333. The number of hydrogen-bond acceptors (Lipinski definition) is 8. The Morgan fingerprint density at radius 3 is 2.75 bits per heavy atom. The first-order valence-electron chi connectivity index (χ1n) is 10.3. The van der Waals surface area contributed by atoms with Gasteiger partial charge in [-0.15, -0.1) is 21.5 Å². The van der Waals surface area contributed by atoms with Crippen molar-refractivity contribution in [2.45, 2.75) is 17.5 Å². The molecule has 1 aliphatic heterocycles. The lowest BCUT2D eigenvalue weighted by atomic mass is 10.2. The van der Waals surface area contributed by atoms with Crippen LogP contribution >= 0.6 is 23.1 Å². The van der Waals surface area contributed by atoms with Crippen molar-refractivity contribution < 1.29 is 9.13 Å². The lowest BCUT2D eigenvalue weighted by molar-refractivity contribution is 0.0361. The van der Waals surface area contributed by atoms with Gasteiger partial charge < -0.3 is 14.3 Å². The summed E-state index contributed by atoms with van der Waals surface area (Å²) in [6.07, 6.45) is 0. The predicted molar refractivity (Wildman–Crippen MR) is 122 cm³/mol. The molecule has 0 radical (unpaired) electrons. The Morgan fingerprint density at radius 2 is 1.94 bits per heavy atom. The van der Waals surface area contributed by atoms with E-state index >= 15 is 0 Å². The number of fused-ring (bicyclic) bond motifs is 1. The molecule has 166 valence electrons. The number of nitrogens with zero attached hydrogens (tertiary/aromatic N) is 5. The molecular formula is C21H21FN6O2S2. The lowest BCUT2D eigenvalue weighted by Crippen LogP contribution is -2.38. The Morgan fingerprint density at radius 1 is 1.12 bits per heavy atom. The van der Waals surface area contributed by atoms with Gasteiger partial charge in [0.25, 0.3) is 5.56 Å². The van der Waals surface area contributed by atoms with E-state index in [0.29, 0.717) is 34.2 Å². The number of aromatic amines is 1. The molecule has 0 bridgehead atoms. The zero-order valence-electron chi connectivity index (χ0n) is 17.2. The Kier molecular flexibility index (Phi) is 6.30. The molecule has 32 heavy (non-hydrogen) atoms. The third-order valence-corrected chi connectivity index (χ3v) is 7.15. The van der Waals surface area contributed by atoms with Gasteiger partial charge >= 0.3 is 0 Å². The number of nitrogens with one attached hydrogen (secondary N) is 1. The number of morpholine rings is 1. The first-order chi connectivity index (χ1) is 15.7. The second kappa shape index (κ2) is 9.49. The van der Waals surface area contributed by atoms with E-state index in [0.717, 1.165) is 43.6 Å². The quantitative estimate of drug-likeness (QED) is 0.414. The van der Waals surface area contributed by atoms with Crippen molar-refractivity contribution in [3.05, 3.63) is 57.7 Å². The second-order valence-electron chi connectivity index (χ2n) is 7.35. The van der Waals surface area contributed by atoms with E-state index < -0.39 is 0 Å². The van der Waals surface area contributed by atoms with Gasteiger partial charge in [-0.1, -0.05) is 11.8 Å². The summed E-state index contributed by atoms with van der Waals surface area (Å²) in [5.41, 5.74) is 1.38. The highest BCUT2D eigenvalue weighted by atomic mass is 32.2. The first kappa shape index (κ1) is 21.3. The standard InChI is InChI=1S/C21H21FN6O2S2/c22-15-3-1-14(2-4-15)19-25-26-21(28(19)7-6-27-8-10-30-11-9-27)32-13-17-23-16-5-12-31-18(16)20(29)24-17/h1-5,12H,6-11,13H2,(H,23,24,29). The van der Waals surface area contributed by atoms with Crippen LogP contribution in [0.1, 0.15) is 5.82 Å². The van der Waals surface area contributed by atoms with Crippen molar-refractivity contribution in [1.29, 1.82) is 0 Å². The summed E-state index contributed by atoms with van der Waals surface area (Å²) in [6.45, 7) is 4.77. The summed E-state index contributed by atoms with van der Waals surface area (Å²) >= 11 is 2.85. The molecule has 0 atom stereocenters. The van der Waals surface area contributed by atoms with Gasteiger partial charge in [-0.05, 0) is 35.7 Å². The maximum Gasteiger partial charge on any atom is 0.268 e. The Labute approximate surface area is 191 Å². The predicted octanol–water partition coefficient (Wildman–Crippen LogP) is 3.01. The number of thioether (sulfide) groups is 1. The molecular weight excluding hydrogens is 451 g/mol. The van der Waals surface area contributed by atoms with Crippen molar-refractivity contribution in [1.82, 2.24) is 29.6 Å². The van der Waals surface area contributed by atoms with Crippen LogP contribution in [0.3, 0.4) is 0 Å². The highest BCUT2D eigenvalue weighted by molar-refractivity contribution is 7.98. The lowest BCUT2D eigenvalue weighted by Gasteiger charge is -2.27. The van der Waals surface area contributed by atoms with Crippen molar-refractivity contribution in [3.8, 4) is 11.4 Å². The average Bonchev–Trinajstić information content (AvgIpc) is 3.45. The number of halogens is 1. The summed E-state index contributed by atoms with van der Waals surface area (Å²) in [5.74, 6) is 1.45. The van der Waals surface area contributed by atoms with Crippen LogP contribution < -0.4 is 5.56 Å². The van der Waals surface area contributed by atoms with Gasteiger partial charge in [0.05, 0.1) is 24.5 Å². The van der Waals surface area contributed by atoms with Gasteiger partial charge in [0.15, 0.2) is 11.0 Å². The van der Waals surface area contributed by atoms with Gasteiger partial charge in [0.1, 0.15) is 16.3 Å². The smallest absolute Gasteiger partial charge is 0.268 e. The molecule has 4 aromatic rings. The minimum Gasteiger partial charge on any atom is -0.379 e. The molecule has 0 spiro atoms. The van der Waals surface area contributed by atoms with Gasteiger partial charge in [0.2, 0.25) is 0 Å². The van der Waals surface area contributed by atoms with E-state index in [4.69, 9.17) is 4.74 Å². The Hall–Kier alpha value is -2.60. The van der Waals surface area contributed by atoms with E-state index in [-0.39, 0.29) is 11.4 Å². The van der Waals surface area contributed by atoms with Gasteiger partial charge in [-0.3, -0.25) is 9.69 Å². The normalized spacial score (nSPS) is 14.9. The van der Waals surface area contributed by atoms with E-state index in [9.17, 15) is 9.18 Å². The zero-order valence-corrected chi connectivity index (χ0v) is 18.8. The van der Waals surface area contributed by atoms with Gasteiger partial charge in [0, 0.05) is 31.7 Å². The molecule has 0 aliphatic carbocycles. The second-order valence-corrected chi connectivity index (χ2v) is 9.21. The van der Waals surface area contributed by atoms with Crippen LogP contribution in [0.2, 0.25) is 0 Å². The van der Waals surface area contributed by atoms with E-state index in [2.05, 4.69) is 29.6 Å². The van der Waals surface area contributed by atoms with E-state index in [1.54, 1.807) is 12.1 Å². The maximum atomic E-state index is 13.4. The minimum atomic E-state index is -0.290. The zero-order chi connectivity index (χ0) is 21.9. The van der Waals surface area contributed by atoms with Crippen LogP contribution in [0, 0.1) is 5.82 Å². The Bertz CT molecular complexity index is 1260. The van der Waals surface area contributed by atoms with Crippen LogP contribution in [0.5, 0.6) is 0 Å². The average molecular weight is 473 g/mol. The molecule has 1 aromatic carbocycles. The number of hydrogen-bond donors (Lipinski definition) is 1. The monoisotopic (exact) mass is 472 g/mol. The maximum absolute atomic E-state index is 13.4. The number of H-pyrrole nitrogens is 1. The van der Waals surface area contributed by atoms with Crippen molar-refractivity contribution in [2.24, 2.45) is 0 Å². The SMILES string of the molecule is O=c1[nH]c(CSc2nnc(-c3ccc(F)cc3)n2CCN2CCOCC2)nc2ccsc12. The molecule has 1 N–H and O–H groups in total. The van der Waals surface area contributed by atoms with Crippen molar-refractivity contribution in [3.63, 3.8) is 0 Å². The van der Waals surface area contributed by atoms with Crippen LogP contribution in [-0.4, -0.2) is 62.5 Å². The summed E-state index contributed by atoms with van der Waals surface area (Å²) in [4.78, 5) is 22.0. The molecule has 3 aromatic heterocycles. The first-order valence-corrected chi connectivity index (χ1v) is 12.1. The molecule has 1 saturated heterocycles. The molecule has 8 nitrogen and oxygen atoms in total. The van der Waals surface area contributed by atoms with Crippen molar-refractivity contribution in [2.75, 3.05) is 32.8 Å².